The summed E-state index contributed by atoms with van der Waals surface area (Å²) in [6.07, 6.45) is 2.61. The van der Waals surface area contributed by atoms with Gasteiger partial charge in [-0.15, -0.1) is 0 Å². The Bertz CT molecular complexity index is 367. The Morgan fingerprint density at radius 2 is 2.15 bits per heavy atom. The molecular formula is C11H12FN. The third-order valence-corrected chi connectivity index (χ3v) is 2.34. The van der Waals surface area contributed by atoms with Crippen molar-refractivity contribution < 1.29 is 4.39 Å². The molecule has 0 aromatic heterocycles. The summed E-state index contributed by atoms with van der Waals surface area (Å²) in [6, 6.07) is 3.17. The van der Waals surface area contributed by atoms with Gasteiger partial charge in [-0.3, -0.25) is 4.99 Å². The lowest BCUT2D eigenvalue weighted by atomic mass is 9.98. The van der Waals surface area contributed by atoms with E-state index in [9.17, 15) is 4.39 Å². The average Bonchev–Trinajstić information content (AvgIpc) is 2.49. The van der Waals surface area contributed by atoms with E-state index < -0.39 is 0 Å². The lowest BCUT2D eigenvalue weighted by Gasteiger charge is -2.09. The van der Waals surface area contributed by atoms with Crippen LogP contribution in [0.3, 0.4) is 0 Å². The van der Waals surface area contributed by atoms with Gasteiger partial charge in [0.2, 0.25) is 0 Å². The monoisotopic (exact) mass is 177 g/mol. The number of fused-ring (bicyclic) bond motifs is 1. The summed E-state index contributed by atoms with van der Waals surface area (Å²) in [5.41, 5.74) is 3.02. The fourth-order valence-corrected chi connectivity index (χ4v) is 1.67. The highest BCUT2D eigenvalue weighted by atomic mass is 19.1. The fraction of sp³-hybridized carbons (Fsp3) is 0.364. The largest absolute Gasteiger partial charge is 0.260 e. The Morgan fingerprint density at radius 3 is 2.85 bits per heavy atom. The summed E-state index contributed by atoms with van der Waals surface area (Å²) in [5, 5.41) is 0. The highest BCUT2D eigenvalue weighted by Crippen LogP contribution is 2.34. The van der Waals surface area contributed by atoms with Crippen molar-refractivity contribution in [3.8, 4) is 0 Å². The first-order valence-corrected chi connectivity index (χ1v) is 4.53. The summed E-state index contributed by atoms with van der Waals surface area (Å²) < 4.78 is 13.1. The molecule has 0 unspecified atom stereocenters. The molecule has 0 N–H and O–H groups in total. The van der Waals surface area contributed by atoms with Crippen LogP contribution in [0.25, 0.3) is 0 Å². The molecule has 2 rings (SSSR count). The predicted octanol–water partition coefficient (Wildman–Crippen LogP) is 3.21. The van der Waals surface area contributed by atoms with Crippen molar-refractivity contribution in [1.29, 1.82) is 0 Å². The molecule has 1 aromatic carbocycles. The second-order valence-corrected chi connectivity index (χ2v) is 3.67. The van der Waals surface area contributed by atoms with Crippen LogP contribution in [0.2, 0.25) is 0 Å². The Kier molecular flexibility index (Phi) is 1.91. The number of hydrogen-bond acceptors (Lipinski definition) is 1. The molecule has 0 saturated carbocycles. The van der Waals surface area contributed by atoms with E-state index in [-0.39, 0.29) is 5.82 Å². The van der Waals surface area contributed by atoms with Gasteiger partial charge in [-0.2, -0.15) is 0 Å². The molecule has 1 nitrogen and oxygen atoms in total. The van der Waals surface area contributed by atoms with Crippen molar-refractivity contribution in [2.45, 2.75) is 26.2 Å². The van der Waals surface area contributed by atoms with E-state index in [0.29, 0.717) is 5.92 Å². The van der Waals surface area contributed by atoms with Crippen LogP contribution in [0.15, 0.2) is 17.1 Å². The molecule has 1 aromatic rings. The average molecular weight is 177 g/mol. The summed E-state index contributed by atoms with van der Waals surface area (Å²) in [7, 11) is 0. The molecule has 0 spiro atoms. The lowest BCUT2D eigenvalue weighted by Crippen LogP contribution is -1.92. The van der Waals surface area contributed by atoms with Crippen molar-refractivity contribution >= 4 is 11.9 Å². The highest BCUT2D eigenvalue weighted by molar-refractivity contribution is 5.77. The summed E-state index contributed by atoms with van der Waals surface area (Å²) in [6.45, 7) is 4.12. The van der Waals surface area contributed by atoms with Crippen LogP contribution in [0.1, 0.15) is 30.9 Å². The van der Waals surface area contributed by atoms with Gasteiger partial charge >= 0.3 is 0 Å². The molecule has 0 fully saturated rings. The van der Waals surface area contributed by atoms with E-state index >= 15 is 0 Å². The quantitative estimate of drug-likeness (QED) is 0.624. The zero-order valence-corrected chi connectivity index (χ0v) is 7.84. The first-order chi connectivity index (χ1) is 6.18. The second kappa shape index (κ2) is 2.95. The van der Waals surface area contributed by atoms with Crippen molar-refractivity contribution in [3.05, 3.63) is 29.1 Å². The molecule has 0 atom stereocenters. The third-order valence-electron chi connectivity index (χ3n) is 2.34. The van der Waals surface area contributed by atoms with E-state index in [1.807, 2.05) is 6.21 Å². The van der Waals surface area contributed by atoms with Gasteiger partial charge in [-0.05, 0) is 29.2 Å². The number of nitrogens with zero attached hydrogens (tertiary/aromatic N) is 1. The Balaban J connectivity index is 2.60. The van der Waals surface area contributed by atoms with Crippen LogP contribution in [-0.2, 0) is 6.42 Å². The van der Waals surface area contributed by atoms with E-state index in [1.54, 1.807) is 12.1 Å². The zero-order chi connectivity index (χ0) is 9.42. The smallest absolute Gasteiger partial charge is 0.123 e. The standard InChI is InChI=1S/C11H12FN/c1-7(2)10-6-9(12)5-8-3-4-13-11(8)10/h4-7H,3H2,1-2H3. The van der Waals surface area contributed by atoms with Crippen molar-refractivity contribution in [3.63, 3.8) is 0 Å². The molecule has 68 valence electrons. The molecule has 1 aliphatic heterocycles. The number of aliphatic imine (C=N–C) groups is 1. The molecule has 0 aliphatic carbocycles. The Labute approximate surface area is 77.3 Å². The molecule has 0 radical (unpaired) electrons. The van der Waals surface area contributed by atoms with E-state index in [0.717, 1.165) is 23.2 Å². The van der Waals surface area contributed by atoms with Crippen LogP contribution < -0.4 is 0 Å². The molecule has 1 heterocycles. The predicted molar refractivity (Wildman–Crippen MR) is 52.3 cm³/mol. The minimum Gasteiger partial charge on any atom is -0.260 e. The number of rotatable bonds is 1. The normalized spacial score (nSPS) is 13.8. The van der Waals surface area contributed by atoms with Crippen molar-refractivity contribution in [2.75, 3.05) is 0 Å². The number of halogens is 1. The summed E-state index contributed by atoms with van der Waals surface area (Å²) in [5.74, 6) is 0.188. The van der Waals surface area contributed by atoms with Crippen LogP contribution in [0.4, 0.5) is 10.1 Å². The maximum absolute atomic E-state index is 13.1. The van der Waals surface area contributed by atoms with Gasteiger partial charge in [-0.25, -0.2) is 4.39 Å². The maximum atomic E-state index is 13.1. The maximum Gasteiger partial charge on any atom is 0.123 e. The van der Waals surface area contributed by atoms with Crippen LogP contribution in [0, 0.1) is 5.82 Å². The topological polar surface area (TPSA) is 12.4 Å². The zero-order valence-electron chi connectivity index (χ0n) is 7.84. The van der Waals surface area contributed by atoms with Crippen LogP contribution in [-0.4, -0.2) is 6.21 Å². The molecule has 0 bridgehead atoms. The van der Waals surface area contributed by atoms with Crippen LogP contribution >= 0.6 is 0 Å². The lowest BCUT2D eigenvalue weighted by molar-refractivity contribution is 0.622. The van der Waals surface area contributed by atoms with Gasteiger partial charge in [0.25, 0.3) is 0 Å². The molecule has 0 saturated heterocycles. The minimum absolute atomic E-state index is 0.145. The second-order valence-electron chi connectivity index (χ2n) is 3.67. The first kappa shape index (κ1) is 8.42. The van der Waals surface area contributed by atoms with E-state index in [1.165, 1.54) is 0 Å². The molecule has 1 aliphatic rings. The minimum atomic E-state index is -0.145. The molecule has 2 heteroatoms. The molecule has 13 heavy (non-hydrogen) atoms. The van der Waals surface area contributed by atoms with Gasteiger partial charge in [0.1, 0.15) is 5.82 Å². The molecular weight excluding hydrogens is 165 g/mol. The van der Waals surface area contributed by atoms with E-state index in [2.05, 4.69) is 18.8 Å². The SMILES string of the molecule is CC(C)c1cc(F)cc2c1N=CC2. The number of benzene rings is 1. The Hall–Kier alpha value is -1.18. The summed E-state index contributed by atoms with van der Waals surface area (Å²) in [4.78, 5) is 4.27. The third kappa shape index (κ3) is 1.37. The van der Waals surface area contributed by atoms with Crippen molar-refractivity contribution in [2.24, 2.45) is 4.99 Å². The van der Waals surface area contributed by atoms with Crippen LogP contribution in [0.5, 0.6) is 0 Å². The first-order valence-electron chi connectivity index (χ1n) is 4.53. The van der Waals surface area contributed by atoms with Gasteiger partial charge in [0.15, 0.2) is 0 Å². The fourth-order valence-electron chi connectivity index (χ4n) is 1.67. The van der Waals surface area contributed by atoms with Crippen molar-refractivity contribution in [1.82, 2.24) is 0 Å². The summed E-state index contributed by atoms with van der Waals surface area (Å²) >= 11 is 0. The van der Waals surface area contributed by atoms with Gasteiger partial charge in [-0.1, -0.05) is 13.8 Å². The van der Waals surface area contributed by atoms with Gasteiger partial charge in [0, 0.05) is 12.6 Å². The van der Waals surface area contributed by atoms with E-state index in [4.69, 9.17) is 0 Å². The molecule has 0 amide bonds. The highest BCUT2D eigenvalue weighted by Gasteiger charge is 2.15. The number of hydrogen-bond donors (Lipinski definition) is 0. The van der Waals surface area contributed by atoms with Gasteiger partial charge < -0.3 is 0 Å². The Morgan fingerprint density at radius 1 is 1.38 bits per heavy atom. The van der Waals surface area contributed by atoms with Gasteiger partial charge in [0.05, 0.1) is 5.69 Å².